The number of benzene rings is 2. The van der Waals surface area contributed by atoms with E-state index < -0.39 is 16.1 Å². The summed E-state index contributed by atoms with van der Waals surface area (Å²) in [4.78, 5) is 28.0. The van der Waals surface area contributed by atoms with Gasteiger partial charge in [0.15, 0.2) is 0 Å². The van der Waals surface area contributed by atoms with Crippen molar-refractivity contribution in [2.75, 3.05) is 24.2 Å². The highest BCUT2D eigenvalue weighted by Gasteiger charge is 2.29. The standard InChI is InChI=1S/C27H36ClN3O5S/c1-20(27(33)29-23-9-4-5-10-23)30(19-21-14-16-22(28)17-15-21)26(32)13-8-18-31(37(3,34)35)24-11-6-7-12-25(24)36-2/h6-7,11-12,14-17,20,23H,4-5,8-10,13,18-19H2,1-3H3,(H,29,33)/t20-/m0/s1. The zero-order valence-corrected chi connectivity index (χ0v) is 23.2. The van der Waals surface area contributed by atoms with Crippen molar-refractivity contribution in [1.29, 1.82) is 0 Å². The summed E-state index contributed by atoms with van der Waals surface area (Å²) in [6.07, 6.45) is 5.57. The van der Waals surface area contributed by atoms with Crippen LogP contribution in [0, 0.1) is 0 Å². The number of nitrogens with zero attached hydrogens (tertiary/aromatic N) is 2. The van der Waals surface area contributed by atoms with Crippen LogP contribution in [-0.4, -0.2) is 57.1 Å². The maximum atomic E-state index is 13.4. The molecule has 0 spiro atoms. The minimum atomic E-state index is -3.61. The fraction of sp³-hybridized carbons (Fsp3) is 0.481. The molecule has 10 heteroatoms. The maximum Gasteiger partial charge on any atom is 0.242 e. The van der Waals surface area contributed by atoms with E-state index in [-0.39, 0.29) is 43.8 Å². The van der Waals surface area contributed by atoms with Crippen LogP contribution in [0.1, 0.15) is 51.0 Å². The number of rotatable bonds is 12. The molecule has 2 aromatic carbocycles. The van der Waals surface area contributed by atoms with Gasteiger partial charge in [-0.2, -0.15) is 0 Å². The minimum Gasteiger partial charge on any atom is -0.495 e. The molecule has 0 radical (unpaired) electrons. The molecule has 2 amide bonds. The van der Waals surface area contributed by atoms with Crippen LogP contribution in [0.4, 0.5) is 5.69 Å². The van der Waals surface area contributed by atoms with Gasteiger partial charge in [-0.05, 0) is 56.0 Å². The molecule has 37 heavy (non-hydrogen) atoms. The van der Waals surface area contributed by atoms with E-state index in [1.807, 2.05) is 12.1 Å². The van der Waals surface area contributed by atoms with Gasteiger partial charge in [0.25, 0.3) is 0 Å². The molecule has 3 rings (SSSR count). The fourth-order valence-corrected chi connectivity index (χ4v) is 5.67. The number of hydrogen-bond donors (Lipinski definition) is 1. The monoisotopic (exact) mass is 549 g/mol. The number of sulfonamides is 1. The lowest BCUT2D eigenvalue weighted by Gasteiger charge is -2.30. The Morgan fingerprint density at radius 1 is 1.11 bits per heavy atom. The van der Waals surface area contributed by atoms with Crippen molar-refractivity contribution in [1.82, 2.24) is 10.2 Å². The van der Waals surface area contributed by atoms with Gasteiger partial charge in [0.1, 0.15) is 11.8 Å². The summed E-state index contributed by atoms with van der Waals surface area (Å²) in [6.45, 7) is 2.08. The number of anilines is 1. The molecule has 1 aliphatic carbocycles. The molecule has 2 aromatic rings. The van der Waals surface area contributed by atoms with Crippen LogP contribution >= 0.6 is 11.6 Å². The van der Waals surface area contributed by atoms with Gasteiger partial charge in [-0.15, -0.1) is 0 Å². The number of carbonyl (C=O) groups is 2. The molecule has 1 atom stereocenters. The Morgan fingerprint density at radius 3 is 2.38 bits per heavy atom. The summed E-state index contributed by atoms with van der Waals surface area (Å²) in [6, 6.07) is 13.5. The van der Waals surface area contributed by atoms with Crippen LogP contribution in [0.15, 0.2) is 48.5 Å². The number of methoxy groups -OCH3 is 1. The van der Waals surface area contributed by atoms with Gasteiger partial charge in [-0.25, -0.2) is 8.42 Å². The van der Waals surface area contributed by atoms with Crippen molar-refractivity contribution in [3.63, 3.8) is 0 Å². The Hall–Kier alpha value is -2.78. The molecule has 1 aliphatic rings. The van der Waals surface area contributed by atoms with Crippen LogP contribution in [-0.2, 0) is 26.2 Å². The lowest BCUT2D eigenvalue weighted by molar-refractivity contribution is -0.141. The second-order valence-electron chi connectivity index (χ2n) is 9.42. The number of nitrogens with one attached hydrogen (secondary N) is 1. The SMILES string of the molecule is COc1ccccc1N(CCCC(=O)N(Cc1ccc(Cl)cc1)[C@@H](C)C(=O)NC1CCCC1)S(C)(=O)=O. The molecule has 0 bridgehead atoms. The average molecular weight is 550 g/mol. The highest BCUT2D eigenvalue weighted by Crippen LogP contribution is 2.30. The van der Waals surface area contributed by atoms with E-state index >= 15 is 0 Å². The van der Waals surface area contributed by atoms with E-state index in [9.17, 15) is 18.0 Å². The van der Waals surface area contributed by atoms with Crippen LogP contribution in [0.2, 0.25) is 5.02 Å². The topological polar surface area (TPSA) is 96.0 Å². The Morgan fingerprint density at radius 2 is 1.76 bits per heavy atom. The quantitative estimate of drug-likeness (QED) is 0.424. The molecule has 1 N–H and O–H groups in total. The van der Waals surface area contributed by atoms with Gasteiger partial charge in [0.2, 0.25) is 21.8 Å². The number of hydrogen-bond acceptors (Lipinski definition) is 5. The van der Waals surface area contributed by atoms with E-state index in [1.54, 1.807) is 48.2 Å². The van der Waals surface area contributed by atoms with Crippen LogP contribution in [0.5, 0.6) is 5.75 Å². The summed E-state index contributed by atoms with van der Waals surface area (Å²) >= 11 is 6.02. The summed E-state index contributed by atoms with van der Waals surface area (Å²) in [5.41, 5.74) is 1.27. The van der Waals surface area contributed by atoms with E-state index in [0.717, 1.165) is 37.5 Å². The molecule has 202 valence electrons. The van der Waals surface area contributed by atoms with Crippen molar-refractivity contribution in [3.05, 3.63) is 59.1 Å². The lowest BCUT2D eigenvalue weighted by Crippen LogP contribution is -2.49. The highest BCUT2D eigenvalue weighted by atomic mass is 35.5. The van der Waals surface area contributed by atoms with Crippen LogP contribution in [0.25, 0.3) is 0 Å². The van der Waals surface area contributed by atoms with Gasteiger partial charge in [-0.3, -0.25) is 13.9 Å². The third-order valence-electron chi connectivity index (χ3n) is 6.64. The van der Waals surface area contributed by atoms with Gasteiger partial charge in [0.05, 0.1) is 19.1 Å². The molecule has 0 saturated heterocycles. The Bertz CT molecular complexity index is 1170. The first-order valence-electron chi connectivity index (χ1n) is 12.5. The van der Waals surface area contributed by atoms with Crippen molar-refractivity contribution in [3.8, 4) is 5.75 Å². The molecule has 8 nitrogen and oxygen atoms in total. The highest BCUT2D eigenvalue weighted by molar-refractivity contribution is 7.92. The maximum absolute atomic E-state index is 13.4. The average Bonchev–Trinajstić information content (AvgIpc) is 3.38. The Kier molecular flexibility index (Phi) is 10.2. The van der Waals surface area contributed by atoms with Crippen molar-refractivity contribution in [2.45, 2.75) is 64.1 Å². The predicted octanol–water partition coefficient (Wildman–Crippen LogP) is 4.37. The Labute approximate surface area is 225 Å². The number of halogens is 1. The zero-order valence-electron chi connectivity index (χ0n) is 21.7. The summed E-state index contributed by atoms with van der Waals surface area (Å²) in [5.74, 6) is 0.0271. The minimum absolute atomic E-state index is 0.0792. The largest absolute Gasteiger partial charge is 0.495 e. The van der Waals surface area contributed by atoms with Gasteiger partial charge in [0, 0.05) is 30.6 Å². The first-order valence-corrected chi connectivity index (χ1v) is 14.8. The first kappa shape index (κ1) is 28.8. The molecular formula is C27H36ClN3O5S. The normalized spacial score (nSPS) is 14.7. The molecule has 0 heterocycles. The molecule has 0 aromatic heterocycles. The fourth-order valence-electron chi connectivity index (χ4n) is 4.58. The molecular weight excluding hydrogens is 514 g/mol. The molecule has 1 fully saturated rings. The second kappa shape index (κ2) is 13.1. The van der Waals surface area contributed by atoms with Crippen LogP contribution < -0.4 is 14.4 Å². The van der Waals surface area contributed by atoms with Gasteiger partial charge in [-0.1, -0.05) is 48.7 Å². The van der Waals surface area contributed by atoms with E-state index in [0.29, 0.717) is 16.5 Å². The third-order valence-corrected chi connectivity index (χ3v) is 8.07. The van der Waals surface area contributed by atoms with Gasteiger partial charge >= 0.3 is 0 Å². The summed E-state index contributed by atoms with van der Waals surface area (Å²) in [5, 5.41) is 3.67. The first-order chi connectivity index (χ1) is 17.6. The van der Waals surface area contributed by atoms with Gasteiger partial charge < -0.3 is 15.0 Å². The Balaban J connectivity index is 1.73. The predicted molar refractivity (Wildman–Crippen MR) is 146 cm³/mol. The molecule has 0 aliphatic heterocycles. The van der Waals surface area contributed by atoms with Crippen molar-refractivity contribution < 1.29 is 22.7 Å². The molecule has 1 saturated carbocycles. The number of ether oxygens (including phenoxy) is 1. The lowest BCUT2D eigenvalue weighted by atomic mass is 10.1. The van der Waals surface area contributed by atoms with E-state index in [2.05, 4.69) is 5.32 Å². The number of para-hydroxylation sites is 2. The second-order valence-corrected chi connectivity index (χ2v) is 11.8. The molecule has 0 unspecified atom stereocenters. The van der Waals surface area contributed by atoms with E-state index in [4.69, 9.17) is 16.3 Å². The van der Waals surface area contributed by atoms with Crippen LogP contribution in [0.3, 0.4) is 0 Å². The van der Waals surface area contributed by atoms with E-state index in [1.165, 1.54) is 11.4 Å². The van der Waals surface area contributed by atoms with Crippen molar-refractivity contribution >= 4 is 39.1 Å². The smallest absolute Gasteiger partial charge is 0.242 e. The zero-order chi connectivity index (χ0) is 27.0. The summed E-state index contributed by atoms with van der Waals surface area (Å²) in [7, 11) is -2.13. The van der Waals surface area contributed by atoms with Crippen molar-refractivity contribution in [2.24, 2.45) is 0 Å². The summed E-state index contributed by atoms with van der Waals surface area (Å²) < 4.78 is 31.7. The third kappa shape index (κ3) is 8.10. The number of carbonyl (C=O) groups excluding carboxylic acids is 2. The number of amides is 2.